The van der Waals surface area contributed by atoms with Crippen LogP contribution >= 0.6 is 0 Å². The van der Waals surface area contributed by atoms with Crippen LogP contribution in [0.1, 0.15) is 36.8 Å². The van der Waals surface area contributed by atoms with Gasteiger partial charge in [-0.2, -0.15) is 8.42 Å². The Bertz CT molecular complexity index is 1170. The highest BCUT2D eigenvalue weighted by atomic mass is 32.2. The van der Waals surface area contributed by atoms with Gasteiger partial charge in [-0.05, 0) is 67.3 Å². The molecular weight excluding hydrogens is 428 g/mol. The summed E-state index contributed by atoms with van der Waals surface area (Å²) in [6, 6.07) is 18.1. The normalized spacial score (nSPS) is 12.5. The van der Waals surface area contributed by atoms with Crippen LogP contribution in [0, 0.1) is 6.92 Å². The van der Waals surface area contributed by atoms with Crippen molar-refractivity contribution >= 4 is 26.9 Å². The van der Waals surface area contributed by atoms with E-state index in [0.29, 0.717) is 12.8 Å². The van der Waals surface area contributed by atoms with Crippen LogP contribution in [0.25, 0.3) is 10.8 Å². The molecule has 3 aromatic rings. The lowest BCUT2D eigenvalue weighted by Gasteiger charge is -2.13. The van der Waals surface area contributed by atoms with Gasteiger partial charge in [0.2, 0.25) is 0 Å². The number of unbranched alkanes of at least 4 members (excludes halogenated alkanes) is 1. The molecule has 0 spiro atoms. The Morgan fingerprint density at radius 3 is 2.28 bits per heavy atom. The molecular formula is C25H28O6S. The van der Waals surface area contributed by atoms with Crippen molar-refractivity contribution in [2.45, 2.75) is 37.5 Å². The summed E-state index contributed by atoms with van der Waals surface area (Å²) in [6.45, 7) is 3.94. The number of ether oxygens (including phenoxy) is 2. The van der Waals surface area contributed by atoms with E-state index in [4.69, 9.17) is 13.7 Å². The lowest BCUT2D eigenvalue weighted by Crippen LogP contribution is -2.14. The fraction of sp³-hybridized carbons (Fsp3) is 0.320. The number of benzene rings is 3. The first-order chi connectivity index (χ1) is 15.3. The van der Waals surface area contributed by atoms with E-state index < -0.39 is 16.0 Å². The van der Waals surface area contributed by atoms with Crippen molar-refractivity contribution in [1.82, 2.24) is 0 Å². The van der Waals surface area contributed by atoms with Gasteiger partial charge in [0, 0.05) is 0 Å². The predicted octanol–water partition coefficient (Wildman–Crippen LogP) is 4.99. The highest BCUT2D eigenvalue weighted by molar-refractivity contribution is 7.86. The molecule has 6 nitrogen and oxygen atoms in total. The van der Waals surface area contributed by atoms with Crippen LogP contribution < -0.4 is 4.74 Å². The second kappa shape index (κ2) is 10.6. The Morgan fingerprint density at radius 1 is 0.906 bits per heavy atom. The van der Waals surface area contributed by atoms with Crippen molar-refractivity contribution in [1.29, 1.82) is 0 Å². The van der Waals surface area contributed by atoms with Gasteiger partial charge in [-0.1, -0.05) is 42.0 Å². The molecule has 0 fully saturated rings. The molecule has 0 aliphatic rings. The van der Waals surface area contributed by atoms with Gasteiger partial charge in [-0.25, -0.2) is 0 Å². The SMILES string of the molecule is COc1ccc2cc([C@H](C)C(=O)OCCCCOS(=O)(=O)c3ccc(C)cc3)ccc2c1. The van der Waals surface area contributed by atoms with E-state index in [1.807, 2.05) is 50.2 Å². The number of hydrogen-bond donors (Lipinski definition) is 0. The zero-order valence-electron chi connectivity index (χ0n) is 18.5. The third-order valence-electron chi connectivity index (χ3n) is 5.26. The molecule has 7 heteroatoms. The van der Waals surface area contributed by atoms with E-state index in [1.54, 1.807) is 19.2 Å². The number of rotatable bonds is 10. The molecule has 0 aliphatic heterocycles. The number of esters is 1. The highest BCUT2D eigenvalue weighted by Crippen LogP contribution is 2.26. The minimum Gasteiger partial charge on any atom is -0.497 e. The monoisotopic (exact) mass is 456 g/mol. The first-order valence-corrected chi connectivity index (χ1v) is 11.9. The van der Waals surface area contributed by atoms with Crippen LogP contribution in [0.4, 0.5) is 0 Å². The van der Waals surface area contributed by atoms with Gasteiger partial charge in [-0.3, -0.25) is 8.98 Å². The molecule has 0 saturated heterocycles. The number of methoxy groups -OCH3 is 1. The smallest absolute Gasteiger partial charge is 0.313 e. The molecule has 3 aromatic carbocycles. The Balaban J connectivity index is 1.43. The summed E-state index contributed by atoms with van der Waals surface area (Å²) in [5.41, 5.74) is 1.85. The first kappa shape index (κ1) is 23.8. The third kappa shape index (κ3) is 6.08. The number of aryl methyl sites for hydroxylation is 1. The van der Waals surface area contributed by atoms with E-state index in [9.17, 15) is 13.2 Å². The lowest BCUT2D eigenvalue weighted by atomic mass is 9.98. The zero-order chi connectivity index (χ0) is 23.1. The maximum absolute atomic E-state index is 12.4. The van der Waals surface area contributed by atoms with E-state index in [-0.39, 0.29) is 24.1 Å². The molecule has 3 rings (SSSR count). The Morgan fingerprint density at radius 2 is 1.56 bits per heavy atom. The molecule has 0 unspecified atom stereocenters. The van der Waals surface area contributed by atoms with Crippen molar-refractivity contribution < 1.29 is 26.9 Å². The van der Waals surface area contributed by atoms with Crippen LogP contribution in [0.5, 0.6) is 5.75 Å². The maximum Gasteiger partial charge on any atom is 0.313 e. The van der Waals surface area contributed by atoms with Gasteiger partial charge in [0.1, 0.15) is 5.75 Å². The van der Waals surface area contributed by atoms with E-state index in [0.717, 1.165) is 27.6 Å². The molecule has 0 saturated carbocycles. The van der Waals surface area contributed by atoms with Gasteiger partial charge in [0.05, 0.1) is 31.1 Å². The summed E-state index contributed by atoms with van der Waals surface area (Å²) in [5, 5.41) is 2.06. The first-order valence-electron chi connectivity index (χ1n) is 10.5. The van der Waals surface area contributed by atoms with Crippen LogP contribution in [0.15, 0.2) is 65.6 Å². The summed E-state index contributed by atoms with van der Waals surface area (Å²) in [5.74, 6) is 0.0686. The molecule has 170 valence electrons. The number of carbonyl (C=O) groups is 1. The van der Waals surface area contributed by atoms with Gasteiger partial charge in [-0.15, -0.1) is 0 Å². The van der Waals surface area contributed by atoms with Gasteiger partial charge in [0.25, 0.3) is 10.1 Å². The summed E-state index contributed by atoms with van der Waals surface area (Å²) in [4.78, 5) is 12.6. The molecule has 32 heavy (non-hydrogen) atoms. The van der Waals surface area contributed by atoms with Gasteiger partial charge in [0.15, 0.2) is 0 Å². The zero-order valence-corrected chi connectivity index (χ0v) is 19.4. The molecule has 0 aliphatic carbocycles. The van der Waals surface area contributed by atoms with Gasteiger partial charge >= 0.3 is 5.97 Å². The fourth-order valence-corrected chi connectivity index (χ4v) is 4.16. The standard InChI is InChI=1S/C25H28O6S/c1-18-6-12-24(13-7-18)32(27,28)31-15-5-4-14-30-25(26)19(2)20-8-9-22-17-23(29-3)11-10-21(22)16-20/h6-13,16-17,19H,4-5,14-15H2,1-3H3/t19-/m0/s1. The average Bonchev–Trinajstić information content (AvgIpc) is 2.80. The summed E-state index contributed by atoms with van der Waals surface area (Å²) < 4.78 is 40.0. The van der Waals surface area contributed by atoms with Crippen LogP contribution in [-0.4, -0.2) is 34.7 Å². The lowest BCUT2D eigenvalue weighted by molar-refractivity contribution is -0.145. The molecule has 0 bridgehead atoms. The minimum atomic E-state index is -3.77. The van der Waals surface area contributed by atoms with Gasteiger partial charge < -0.3 is 9.47 Å². The number of fused-ring (bicyclic) bond motifs is 1. The van der Waals surface area contributed by atoms with Crippen molar-refractivity contribution in [2.24, 2.45) is 0 Å². The highest BCUT2D eigenvalue weighted by Gasteiger charge is 2.18. The fourth-order valence-electron chi connectivity index (χ4n) is 3.22. The van der Waals surface area contributed by atoms with Crippen LogP contribution in [0.3, 0.4) is 0 Å². The van der Waals surface area contributed by atoms with Crippen molar-refractivity contribution in [3.8, 4) is 5.75 Å². The van der Waals surface area contributed by atoms with Crippen molar-refractivity contribution in [3.63, 3.8) is 0 Å². The van der Waals surface area contributed by atoms with E-state index in [2.05, 4.69) is 0 Å². The molecule has 0 heterocycles. The summed E-state index contributed by atoms with van der Waals surface area (Å²) in [7, 11) is -2.14. The minimum absolute atomic E-state index is 0.0391. The quantitative estimate of drug-likeness (QED) is 0.243. The van der Waals surface area contributed by atoms with Crippen LogP contribution in [-0.2, 0) is 23.8 Å². The summed E-state index contributed by atoms with van der Waals surface area (Å²) in [6.07, 6.45) is 0.976. The summed E-state index contributed by atoms with van der Waals surface area (Å²) >= 11 is 0. The second-order valence-electron chi connectivity index (χ2n) is 7.66. The van der Waals surface area contributed by atoms with Crippen LogP contribution in [0.2, 0.25) is 0 Å². The molecule has 0 N–H and O–H groups in total. The molecule has 1 atom stereocenters. The Hall–Kier alpha value is -2.90. The second-order valence-corrected chi connectivity index (χ2v) is 9.27. The van der Waals surface area contributed by atoms with E-state index in [1.165, 1.54) is 12.1 Å². The van der Waals surface area contributed by atoms with E-state index >= 15 is 0 Å². The Labute approximate surface area is 189 Å². The average molecular weight is 457 g/mol. The van der Waals surface area contributed by atoms with Crippen molar-refractivity contribution in [2.75, 3.05) is 20.3 Å². The topological polar surface area (TPSA) is 78.9 Å². The Kier molecular flexibility index (Phi) is 7.88. The van der Waals surface area contributed by atoms with Crippen molar-refractivity contribution in [3.05, 3.63) is 71.8 Å². The number of hydrogen-bond acceptors (Lipinski definition) is 6. The molecule has 0 aromatic heterocycles. The predicted molar refractivity (Wildman–Crippen MR) is 123 cm³/mol. The maximum atomic E-state index is 12.4. The molecule has 0 radical (unpaired) electrons. The third-order valence-corrected chi connectivity index (χ3v) is 6.58. The molecule has 0 amide bonds. The number of carbonyl (C=O) groups excluding carboxylic acids is 1. The largest absolute Gasteiger partial charge is 0.497 e.